The summed E-state index contributed by atoms with van der Waals surface area (Å²) >= 11 is 3.40. The lowest BCUT2D eigenvalue weighted by Gasteiger charge is -2.00. The third-order valence-electron chi connectivity index (χ3n) is 2.71. The van der Waals surface area contributed by atoms with Gasteiger partial charge in [-0.3, -0.25) is 0 Å². The molecule has 6 heteroatoms. The normalized spacial score (nSPS) is 10.3. The van der Waals surface area contributed by atoms with Gasteiger partial charge in [0.1, 0.15) is 5.69 Å². The predicted molar refractivity (Wildman–Crippen MR) is 77.6 cm³/mol. The maximum atomic E-state index is 11.2. The van der Waals surface area contributed by atoms with Crippen LogP contribution in [0.1, 0.15) is 22.5 Å². The van der Waals surface area contributed by atoms with Crippen LogP contribution in [-0.2, 0) is 6.42 Å². The zero-order valence-corrected chi connectivity index (χ0v) is 12.0. The van der Waals surface area contributed by atoms with Crippen LogP contribution in [0.5, 0.6) is 0 Å². The SMILES string of the molecule is Cl.NCCCc1c(C(=O)O)[nH]c2ccc(Br)cc12. The Kier molecular flexibility index (Phi) is 5.19. The van der Waals surface area contributed by atoms with Gasteiger partial charge < -0.3 is 15.8 Å². The number of H-pyrrole nitrogens is 1. The lowest BCUT2D eigenvalue weighted by atomic mass is 10.1. The molecular formula is C12H14BrClN2O2. The highest BCUT2D eigenvalue weighted by atomic mass is 79.9. The van der Waals surface area contributed by atoms with Gasteiger partial charge in [-0.1, -0.05) is 15.9 Å². The zero-order valence-electron chi connectivity index (χ0n) is 9.57. The van der Waals surface area contributed by atoms with Crippen LogP contribution in [0.15, 0.2) is 22.7 Å². The molecule has 0 unspecified atom stereocenters. The van der Waals surface area contributed by atoms with Crippen LogP contribution < -0.4 is 5.73 Å². The van der Waals surface area contributed by atoms with Crippen molar-refractivity contribution in [2.75, 3.05) is 6.54 Å². The molecule has 0 aliphatic heterocycles. The third kappa shape index (κ3) is 2.85. The maximum absolute atomic E-state index is 11.2. The van der Waals surface area contributed by atoms with Crippen molar-refractivity contribution in [1.82, 2.24) is 4.98 Å². The molecule has 18 heavy (non-hydrogen) atoms. The molecule has 0 bridgehead atoms. The van der Waals surface area contributed by atoms with Crippen LogP contribution in [0.3, 0.4) is 0 Å². The Morgan fingerprint density at radius 2 is 2.17 bits per heavy atom. The molecule has 0 amide bonds. The highest BCUT2D eigenvalue weighted by Crippen LogP contribution is 2.26. The number of carboxylic acids is 1. The number of hydrogen-bond acceptors (Lipinski definition) is 2. The fourth-order valence-corrected chi connectivity index (χ4v) is 2.30. The van der Waals surface area contributed by atoms with Crippen molar-refractivity contribution in [1.29, 1.82) is 0 Å². The molecule has 2 rings (SSSR count). The molecule has 0 radical (unpaired) electrons. The number of carboxylic acid groups (broad SMARTS) is 1. The van der Waals surface area contributed by atoms with Gasteiger partial charge in [0, 0.05) is 15.4 Å². The zero-order chi connectivity index (χ0) is 12.4. The van der Waals surface area contributed by atoms with E-state index in [9.17, 15) is 4.79 Å². The minimum Gasteiger partial charge on any atom is -0.477 e. The van der Waals surface area contributed by atoms with Crippen LogP contribution in [-0.4, -0.2) is 22.6 Å². The predicted octanol–water partition coefficient (Wildman–Crippen LogP) is 2.94. The van der Waals surface area contributed by atoms with E-state index in [0.29, 0.717) is 13.0 Å². The number of aromatic amines is 1. The Hall–Kier alpha value is -1.04. The molecule has 1 aromatic heterocycles. The Morgan fingerprint density at radius 3 is 2.78 bits per heavy atom. The van der Waals surface area contributed by atoms with Gasteiger partial charge in [-0.15, -0.1) is 12.4 Å². The van der Waals surface area contributed by atoms with E-state index in [4.69, 9.17) is 10.8 Å². The molecule has 2 aromatic rings. The van der Waals surface area contributed by atoms with Gasteiger partial charge in [0.2, 0.25) is 0 Å². The van der Waals surface area contributed by atoms with Crippen LogP contribution in [0.4, 0.5) is 0 Å². The molecule has 1 aromatic carbocycles. The van der Waals surface area contributed by atoms with E-state index in [1.165, 1.54) is 0 Å². The minimum atomic E-state index is -0.927. The summed E-state index contributed by atoms with van der Waals surface area (Å²) in [7, 11) is 0. The average Bonchev–Trinajstić information content (AvgIpc) is 2.64. The first kappa shape index (κ1) is 15.0. The number of halogens is 2. The number of aryl methyl sites for hydroxylation is 1. The van der Waals surface area contributed by atoms with E-state index in [2.05, 4.69) is 20.9 Å². The summed E-state index contributed by atoms with van der Waals surface area (Å²) in [5.74, 6) is -0.927. The smallest absolute Gasteiger partial charge is 0.352 e. The second-order valence-corrected chi connectivity index (χ2v) is 4.78. The third-order valence-corrected chi connectivity index (χ3v) is 3.21. The van der Waals surface area contributed by atoms with Crippen molar-refractivity contribution in [3.63, 3.8) is 0 Å². The standard InChI is InChI=1S/C12H13BrN2O2.ClH/c13-7-3-4-10-9(6-7)8(2-1-5-14)11(15-10)12(16)17;/h3-4,6,15H,1-2,5,14H2,(H,16,17);1H. The first-order valence-electron chi connectivity index (χ1n) is 5.37. The highest BCUT2D eigenvalue weighted by Gasteiger charge is 2.16. The largest absolute Gasteiger partial charge is 0.477 e. The average molecular weight is 334 g/mol. The molecule has 0 saturated carbocycles. The second-order valence-electron chi connectivity index (χ2n) is 3.87. The number of nitrogens with one attached hydrogen (secondary N) is 1. The van der Waals surface area contributed by atoms with E-state index in [1.54, 1.807) is 0 Å². The van der Waals surface area contributed by atoms with E-state index < -0.39 is 5.97 Å². The molecule has 1 heterocycles. The molecule has 0 fully saturated rings. The number of aromatic nitrogens is 1. The molecule has 0 aliphatic carbocycles. The number of fused-ring (bicyclic) bond motifs is 1. The summed E-state index contributed by atoms with van der Waals surface area (Å²) in [4.78, 5) is 14.1. The first-order chi connectivity index (χ1) is 8.13. The Bertz CT molecular complexity index is 568. The fraction of sp³-hybridized carbons (Fsp3) is 0.250. The number of benzene rings is 1. The number of nitrogens with two attached hydrogens (primary N) is 1. The molecule has 4 N–H and O–H groups in total. The molecule has 0 aliphatic rings. The quantitative estimate of drug-likeness (QED) is 0.805. The first-order valence-corrected chi connectivity index (χ1v) is 6.16. The molecule has 4 nitrogen and oxygen atoms in total. The van der Waals surface area contributed by atoms with E-state index in [-0.39, 0.29) is 18.1 Å². The van der Waals surface area contributed by atoms with Gasteiger partial charge in [0.25, 0.3) is 0 Å². The van der Waals surface area contributed by atoms with Crippen molar-refractivity contribution in [2.24, 2.45) is 5.73 Å². The summed E-state index contributed by atoms with van der Waals surface area (Å²) in [5.41, 5.74) is 7.43. The molecular weight excluding hydrogens is 320 g/mol. The van der Waals surface area contributed by atoms with Crippen molar-refractivity contribution < 1.29 is 9.90 Å². The van der Waals surface area contributed by atoms with E-state index in [0.717, 1.165) is 27.4 Å². The van der Waals surface area contributed by atoms with Gasteiger partial charge in [-0.05, 0) is 43.1 Å². The Labute approximate surface area is 119 Å². The van der Waals surface area contributed by atoms with Crippen LogP contribution in [0.25, 0.3) is 10.9 Å². The van der Waals surface area contributed by atoms with Crippen molar-refractivity contribution >= 4 is 45.2 Å². The van der Waals surface area contributed by atoms with Crippen molar-refractivity contribution in [2.45, 2.75) is 12.8 Å². The number of aromatic carboxylic acids is 1. The maximum Gasteiger partial charge on any atom is 0.352 e. The Balaban J connectivity index is 0.00000162. The highest BCUT2D eigenvalue weighted by molar-refractivity contribution is 9.10. The summed E-state index contributed by atoms with van der Waals surface area (Å²) in [6.45, 7) is 0.555. The topological polar surface area (TPSA) is 79.1 Å². The number of carbonyl (C=O) groups is 1. The lowest BCUT2D eigenvalue weighted by molar-refractivity contribution is 0.0690. The fourth-order valence-electron chi connectivity index (χ4n) is 1.94. The van der Waals surface area contributed by atoms with E-state index in [1.807, 2.05) is 18.2 Å². The second kappa shape index (κ2) is 6.22. The molecule has 0 spiro atoms. The minimum absolute atomic E-state index is 0. The molecule has 98 valence electrons. The van der Waals surface area contributed by atoms with Crippen molar-refractivity contribution in [3.05, 3.63) is 33.9 Å². The van der Waals surface area contributed by atoms with Gasteiger partial charge in [-0.2, -0.15) is 0 Å². The number of hydrogen-bond donors (Lipinski definition) is 3. The van der Waals surface area contributed by atoms with Crippen LogP contribution >= 0.6 is 28.3 Å². The van der Waals surface area contributed by atoms with Gasteiger partial charge in [0.15, 0.2) is 0 Å². The summed E-state index contributed by atoms with van der Waals surface area (Å²) in [6.07, 6.45) is 1.45. The van der Waals surface area contributed by atoms with Crippen LogP contribution in [0, 0.1) is 0 Å². The number of rotatable bonds is 4. The monoisotopic (exact) mass is 332 g/mol. The van der Waals surface area contributed by atoms with E-state index >= 15 is 0 Å². The molecule has 0 atom stereocenters. The summed E-state index contributed by atoms with van der Waals surface area (Å²) in [6, 6.07) is 5.69. The van der Waals surface area contributed by atoms with Crippen molar-refractivity contribution in [3.8, 4) is 0 Å². The van der Waals surface area contributed by atoms with Gasteiger partial charge in [0.05, 0.1) is 0 Å². The van der Waals surface area contributed by atoms with Crippen LogP contribution in [0.2, 0.25) is 0 Å². The van der Waals surface area contributed by atoms with Gasteiger partial charge in [-0.25, -0.2) is 4.79 Å². The summed E-state index contributed by atoms with van der Waals surface area (Å²) in [5, 5.41) is 10.1. The van der Waals surface area contributed by atoms with Gasteiger partial charge >= 0.3 is 5.97 Å². The molecule has 0 saturated heterocycles. The Morgan fingerprint density at radius 1 is 1.44 bits per heavy atom. The summed E-state index contributed by atoms with van der Waals surface area (Å²) < 4.78 is 0.940. The lowest BCUT2D eigenvalue weighted by Crippen LogP contribution is -2.05.